The summed E-state index contributed by atoms with van der Waals surface area (Å²) in [6.07, 6.45) is 7.48. The van der Waals surface area contributed by atoms with Crippen LogP contribution in [-0.4, -0.2) is 35.4 Å². The second-order valence-corrected chi connectivity index (χ2v) is 4.58. The van der Waals surface area contributed by atoms with Gasteiger partial charge in [0, 0.05) is 39.0 Å². The van der Waals surface area contributed by atoms with Gasteiger partial charge in [0.1, 0.15) is 5.82 Å². The summed E-state index contributed by atoms with van der Waals surface area (Å²) >= 11 is 0. The standard InChI is InChI=1S/C13H25N3O/c1-12(2)17-11-5-4-7-14-8-6-13-15-9-10-16(13)3/h9-10,12,14H,4-8,11H2,1-3H3. The molecule has 1 rings (SSSR count). The highest BCUT2D eigenvalue weighted by atomic mass is 16.5. The number of nitrogens with zero attached hydrogens (tertiary/aromatic N) is 2. The zero-order chi connectivity index (χ0) is 12.5. The number of aryl methyl sites for hydroxylation is 1. The van der Waals surface area contributed by atoms with Gasteiger partial charge in [-0.3, -0.25) is 0 Å². The molecule has 0 aliphatic heterocycles. The van der Waals surface area contributed by atoms with Gasteiger partial charge in [-0.05, 0) is 33.2 Å². The molecule has 1 aromatic heterocycles. The van der Waals surface area contributed by atoms with E-state index >= 15 is 0 Å². The van der Waals surface area contributed by atoms with Gasteiger partial charge in [0.25, 0.3) is 0 Å². The van der Waals surface area contributed by atoms with Gasteiger partial charge in [0.05, 0.1) is 6.10 Å². The van der Waals surface area contributed by atoms with Crippen LogP contribution in [0.3, 0.4) is 0 Å². The Morgan fingerprint density at radius 1 is 1.35 bits per heavy atom. The molecular formula is C13H25N3O. The average molecular weight is 239 g/mol. The number of nitrogens with one attached hydrogen (secondary N) is 1. The van der Waals surface area contributed by atoms with Crippen molar-refractivity contribution >= 4 is 0 Å². The number of unbranched alkanes of at least 4 members (excludes halogenated alkanes) is 1. The van der Waals surface area contributed by atoms with Gasteiger partial charge in [-0.25, -0.2) is 4.98 Å². The van der Waals surface area contributed by atoms with Crippen LogP contribution in [-0.2, 0) is 18.2 Å². The largest absolute Gasteiger partial charge is 0.379 e. The molecule has 0 saturated carbocycles. The maximum absolute atomic E-state index is 5.48. The van der Waals surface area contributed by atoms with Crippen LogP contribution in [0.2, 0.25) is 0 Å². The molecule has 0 fully saturated rings. The van der Waals surface area contributed by atoms with Crippen molar-refractivity contribution in [2.24, 2.45) is 7.05 Å². The molecule has 0 unspecified atom stereocenters. The summed E-state index contributed by atoms with van der Waals surface area (Å²) in [4.78, 5) is 4.29. The van der Waals surface area contributed by atoms with E-state index in [0.717, 1.165) is 38.4 Å². The first-order valence-corrected chi connectivity index (χ1v) is 6.48. The van der Waals surface area contributed by atoms with E-state index in [0.29, 0.717) is 6.10 Å². The molecule has 17 heavy (non-hydrogen) atoms. The summed E-state index contributed by atoms with van der Waals surface area (Å²) in [7, 11) is 2.03. The number of imidazole rings is 1. The maximum Gasteiger partial charge on any atom is 0.109 e. The van der Waals surface area contributed by atoms with Crippen molar-refractivity contribution in [3.63, 3.8) is 0 Å². The zero-order valence-corrected chi connectivity index (χ0v) is 11.3. The maximum atomic E-state index is 5.48. The summed E-state index contributed by atoms with van der Waals surface area (Å²) in [5.41, 5.74) is 0. The summed E-state index contributed by atoms with van der Waals surface area (Å²) in [5, 5.41) is 3.43. The van der Waals surface area contributed by atoms with Crippen LogP contribution in [0, 0.1) is 0 Å². The van der Waals surface area contributed by atoms with E-state index in [9.17, 15) is 0 Å². The van der Waals surface area contributed by atoms with Gasteiger partial charge in [0.2, 0.25) is 0 Å². The lowest BCUT2D eigenvalue weighted by Gasteiger charge is -2.07. The SMILES string of the molecule is CC(C)OCCCCNCCc1nccn1C. The van der Waals surface area contributed by atoms with Crippen molar-refractivity contribution in [3.8, 4) is 0 Å². The predicted molar refractivity (Wildman–Crippen MR) is 70.1 cm³/mol. The van der Waals surface area contributed by atoms with Crippen LogP contribution in [0.4, 0.5) is 0 Å². The highest BCUT2D eigenvalue weighted by Crippen LogP contribution is 1.95. The number of hydrogen-bond donors (Lipinski definition) is 1. The normalized spacial score (nSPS) is 11.3. The van der Waals surface area contributed by atoms with Gasteiger partial charge >= 0.3 is 0 Å². The third kappa shape index (κ3) is 6.44. The molecule has 0 aromatic carbocycles. The predicted octanol–water partition coefficient (Wildman–Crippen LogP) is 1.76. The highest BCUT2D eigenvalue weighted by molar-refractivity contribution is 4.91. The molecular weight excluding hydrogens is 214 g/mol. The van der Waals surface area contributed by atoms with Crippen molar-refractivity contribution in [3.05, 3.63) is 18.2 Å². The Kier molecular flexibility index (Phi) is 6.89. The quantitative estimate of drug-likeness (QED) is 0.667. The van der Waals surface area contributed by atoms with Crippen LogP contribution in [0.15, 0.2) is 12.4 Å². The van der Waals surface area contributed by atoms with E-state index in [2.05, 4.69) is 28.7 Å². The van der Waals surface area contributed by atoms with Gasteiger partial charge in [0.15, 0.2) is 0 Å². The van der Waals surface area contributed by atoms with Gasteiger partial charge in [-0.2, -0.15) is 0 Å². The Morgan fingerprint density at radius 3 is 2.82 bits per heavy atom. The monoisotopic (exact) mass is 239 g/mol. The van der Waals surface area contributed by atoms with Crippen molar-refractivity contribution in [2.45, 2.75) is 39.2 Å². The van der Waals surface area contributed by atoms with Gasteiger partial charge < -0.3 is 14.6 Å². The first-order valence-electron chi connectivity index (χ1n) is 6.48. The van der Waals surface area contributed by atoms with E-state index in [1.807, 2.05) is 19.4 Å². The van der Waals surface area contributed by atoms with E-state index in [4.69, 9.17) is 4.74 Å². The Balaban J connectivity index is 1.90. The summed E-state index contributed by atoms with van der Waals surface area (Å²) in [5.74, 6) is 1.14. The van der Waals surface area contributed by atoms with Crippen LogP contribution in [0.5, 0.6) is 0 Å². The smallest absolute Gasteiger partial charge is 0.109 e. The fourth-order valence-corrected chi connectivity index (χ4v) is 1.63. The molecule has 0 aliphatic carbocycles. The Labute approximate surface area is 104 Å². The van der Waals surface area contributed by atoms with Gasteiger partial charge in [-0.15, -0.1) is 0 Å². The fourth-order valence-electron chi connectivity index (χ4n) is 1.63. The third-order valence-corrected chi connectivity index (χ3v) is 2.65. The van der Waals surface area contributed by atoms with E-state index in [1.165, 1.54) is 6.42 Å². The van der Waals surface area contributed by atoms with Crippen LogP contribution in [0.1, 0.15) is 32.5 Å². The van der Waals surface area contributed by atoms with E-state index < -0.39 is 0 Å². The molecule has 0 spiro atoms. The minimum atomic E-state index is 0.353. The molecule has 0 saturated heterocycles. The summed E-state index contributed by atoms with van der Waals surface area (Å²) in [6.45, 7) is 7.08. The first kappa shape index (κ1) is 14.2. The van der Waals surface area contributed by atoms with Crippen molar-refractivity contribution in [2.75, 3.05) is 19.7 Å². The molecule has 98 valence electrons. The lowest BCUT2D eigenvalue weighted by Crippen LogP contribution is -2.20. The van der Waals surface area contributed by atoms with E-state index in [-0.39, 0.29) is 0 Å². The zero-order valence-electron chi connectivity index (χ0n) is 11.3. The molecule has 4 heteroatoms. The van der Waals surface area contributed by atoms with Crippen molar-refractivity contribution < 1.29 is 4.74 Å². The van der Waals surface area contributed by atoms with Gasteiger partial charge in [-0.1, -0.05) is 0 Å². The van der Waals surface area contributed by atoms with Crippen molar-refractivity contribution in [1.82, 2.24) is 14.9 Å². The third-order valence-electron chi connectivity index (χ3n) is 2.65. The minimum Gasteiger partial charge on any atom is -0.379 e. The fraction of sp³-hybridized carbons (Fsp3) is 0.769. The number of rotatable bonds is 9. The molecule has 0 aliphatic rings. The molecule has 4 nitrogen and oxygen atoms in total. The molecule has 0 bridgehead atoms. The van der Waals surface area contributed by atoms with Crippen molar-refractivity contribution in [1.29, 1.82) is 0 Å². The Bertz CT molecular complexity index is 297. The molecule has 1 N–H and O–H groups in total. The topological polar surface area (TPSA) is 39.1 Å². The first-order chi connectivity index (χ1) is 8.20. The Hall–Kier alpha value is -0.870. The molecule has 1 aromatic rings. The van der Waals surface area contributed by atoms with Crippen LogP contribution >= 0.6 is 0 Å². The van der Waals surface area contributed by atoms with E-state index in [1.54, 1.807) is 0 Å². The van der Waals surface area contributed by atoms with Crippen LogP contribution < -0.4 is 5.32 Å². The lowest BCUT2D eigenvalue weighted by atomic mass is 10.3. The average Bonchev–Trinajstić information content (AvgIpc) is 2.68. The second kappa shape index (κ2) is 8.25. The number of ether oxygens (including phenoxy) is 1. The Morgan fingerprint density at radius 2 is 2.18 bits per heavy atom. The number of hydrogen-bond acceptors (Lipinski definition) is 3. The summed E-state index contributed by atoms with van der Waals surface area (Å²) in [6, 6.07) is 0. The molecule has 0 amide bonds. The molecule has 0 atom stereocenters. The lowest BCUT2D eigenvalue weighted by molar-refractivity contribution is 0.0760. The highest BCUT2D eigenvalue weighted by Gasteiger charge is 1.98. The molecule has 0 radical (unpaired) electrons. The van der Waals surface area contributed by atoms with Crippen LogP contribution in [0.25, 0.3) is 0 Å². The molecule has 1 heterocycles. The minimum absolute atomic E-state index is 0.353. The second-order valence-electron chi connectivity index (χ2n) is 4.58. The summed E-state index contributed by atoms with van der Waals surface area (Å²) < 4.78 is 7.55. The number of aromatic nitrogens is 2.